The Morgan fingerprint density at radius 1 is 1.13 bits per heavy atom. The zero-order valence-electron chi connectivity index (χ0n) is 23.7. The van der Waals surface area contributed by atoms with Gasteiger partial charge in [0.1, 0.15) is 17.3 Å². The predicted molar refractivity (Wildman–Crippen MR) is 155 cm³/mol. The van der Waals surface area contributed by atoms with Crippen molar-refractivity contribution >= 4 is 28.6 Å². The number of hydrogen-bond donors (Lipinski definition) is 2. The van der Waals surface area contributed by atoms with Crippen molar-refractivity contribution in [1.29, 1.82) is 5.41 Å². The first kappa shape index (κ1) is 30.3. The monoisotopic (exact) mass is 587 g/mol. The summed E-state index contributed by atoms with van der Waals surface area (Å²) < 4.78 is 11.6. The number of phenolic OH excluding ortho intramolecular Hbond substituents is 1. The predicted octanol–water partition coefficient (Wildman–Crippen LogP) is 6.34. The molecule has 3 heterocycles. The van der Waals surface area contributed by atoms with Gasteiger partial charge in [0.2, 0.25) is 0 Å². The minimum absolute atomic E-state index is 0. The Labute approximate surface area is 237 Å². The van der Waals surface area contributed by atoms with Crippen LogP contribution in [0.4, 0.5) is 0 Å². The van der Waals surface area contributed by atoms with E-state index in [2.05, 4.69) is 6.07 Å². The molecule has 1 aromatic carbocycles. The third kappa shape index (κ3) is 6.46. The van der Waals surface area contributed by atoms with Gasteiger partial charge < -0.3 is 19.5 Å². The number of aryl methyl sites for hydroxylation is 1. The van der Waals surface area contributed by atoms with Crippen LogP contribution in [-0.4, -0.2) is 46.1 Å². The number of rotatable bonds is 6. The highest BCUT2D eigenvalue weighted by molar-refractivity contribution is 8.93. The van der Waals surface area contributed by atoms with Gasteiger partial charge in [0.25, 0.3) is 0 Å². The van der Waals surface area contributed by atoms with Crippen molar-refractivity contribution in [3.05, 3.63) is 57.4 Å². The molecule has 2 aliphatic rings. The second-order valence-electron chi connectivity index (χ2n) is 12.4. The van der Waals surface area contributed by atoms with E-state index in [1.54, 1.807) is 4.90 Å². The van der Waals surface area contributed by atoms with Crippen LogP contribution in [0.3, 0.4) is 0 Å². The zero-order valence-corrected chi connectivity index (χ0v) is 25.4. The Morgan fingerprint density at radius 3 is 2.32 bits per heavy atom. The van der Waals surface area contributed by atoms with Gasteiger partial charge in [-0.1, -0.05) is 41.5 Å². The van der Waals surface area contributed by atoms with Crippen LogP contribution in [0.25, 0.3) is 0 Å². The fraction of sp³-hybridized carbons (Fsp3) is 0.567. The minimum atomic E-state index is -0.320. The van der Waals surface area contributed by atoms with E-state index in [-0.39, 0.29) is 58.0 Å². The van der Waals surface area contributed by atoms with E-state index in [1.807, 2.05) is 60.6 Å². The number of benzene rings is 1. The summed E-state index contributed by atoms with van der Waals surface area (Å²) in [6.45, 7) is 15.8. The molecule has 2 aromatic rings. The number of nitrogens with zero attached hydrogens (tertiary/aromatic N) is 2. The molecule has 38 heavy (non-hydrogen) atoms. The van der Waals surface area contributed by atoms with Gasteiger partial charge in [-0.15, -0.1) is 17.0 Å². The van der Waals surface area contributed by atoms with E-state index < -0.39 is 0 Å². The quantitative estimate of drug-likeness (QED) is 0.383. The van der Waals surface area contributed by atoms with Crippen molar-refractivity contribution in [3.8, 4) is 5.75 Å². The fourth-order valence-electron chi connectivity index (χ4n) is 4.96. The molecule has 1 atom stereocenters. The summed E-state index contributed by atoms with van der Waals surface area (Å²) in [6.07, 6.45) is 2.93. The molecule has 7 nitrogen and oxygen atoms in total. The maximum atomic E-state index is 13.5. The molecule has 0 amide bonds. The van der Waals surface area contributed by atoms with Crippen molar-refractivity contribution in [2.45, 2.75) is 98.0 Å². The Bertz CT molecular complexity index is 1170. The number of carbonyl (C=O) groups excluding carboxylic acids is 1. The number of pyridine rings is 1. The third-order valence-electron chi connectivity index (χ3n) is 7.24. The molecule has 0 radical (unpaired) electrons. The van der Waals surface area contributed by atoms with Crippen LogP contribution < -0.4 is 0 Å². The van der Waals surface area contributed by atoms with Gasteiger partial charge >= 0.3 is 0 Å². The lowest BCUT2D eigenvalue weighted by atomic mass is 9.78. The average molecular weight is 589 g/mol. The van der Waals surface area contributed by atoms with Gasteiger partial charge in [-0.3, -0.25) is 10.2 Å². The van der Waals surface area contributed by atoms with Gasteiger partial charge in [0, 0.05) is 41.1 Å². The van der Waals surface area contributed by atoms with E-state index in [4.69, 9.17) is 19.9 Å². The lowest BCUT2D eigenvalue weighted by Crippen LogP contribution is -2.31. The number of ether oxygens (including phenoxy) is 2. The van der Waals surface area contributed by atoms with Crippen LogP contribution in [0.15, 0.2) is 18.2 Å². The number of phenols is 1. The van der Waals surface area contributed by atoms with E-state index in [0.29, 0.717) is 24.4 Å². The molecule has 2 N–H and O–H groups in total. The Hall–Kier alpha value is -2.29. The van der Waals surface area contributed by atoms with Crippen molar-refractivity contribution in [2.24, 2.45) is 0 Å². The maximum Gasteiger partial charge on any atom is 0.182 e. The number of aromatic nitrogens is 1. The fourth-order valence-corrected chi connectivity index (χ4v) is 4.96. The van der Waals surface area contributed by atoms with Crippen LogP contribution in [0.1, 0.15) is 105 Å². The molecule has 0 bridgehead atoms. The number of halogens is 1. The van der Waals surface area contributed by atoms with Crippen LogP contribution >= 0.6 is 17.0 Å². The van der Waals surface area contributed by atoms with Crippen molar-refractivity contribution in [3.63, 3.8) is 0 Å². The van der Waals surface area contributed by atoms with Gasteiger partial charge in [0.15, 0.2) is 12.1 Å². The van der Waals surface area contributed by atoms with Crippen molar-refractivity contribution in [2.75, 3.05) is 13.2 Å². The normalized spacial score (nSPS) is 17.8. The highest BCUT2D eigenvalue weighted by atomic mass is 79.9. The molecular formula is C30H42BrN3O4. The van der Waals surface area contributed by atoms with E-state index in [1.165, 1.54) is 0 Å². The number of carbonyl (C=O) groups is 1. The summed E-state index contributed by atoms with van der Waals surface area (Å²) in [4.78, 5) is 20.0. The number of amidine groups is 1. The third-order valence-corrected chi connectivity index (χ3v) is 7.24. The molecule has 0 spiro atoms. The minimum Gasteiger partial charge on any atom is -0.507 e. The SMILES string of the molecule is Br.Cc1nc2c(cc1COC1CCCCO1)CN(CC(=O)c1cc(C(C)(C)C)c(O)c(C(C)(C)C)c1)C2=N. The zero-order chi connectivity index (χ0) is 27.1. The highest BCUT2D eigenvalue weighted by Gasteiger charge is 2.31. The summed E-state index contributed by atoms with van der Waals surface area (Å²) >= 11 is 0. The molecule has 1 saturated heterocycles. The molecule has 0 aliphatic carbocycles. The standard InChI is InChI=1S/C30H41N3O4.BrH/c1-18-21(17-37-25-10-8-9-11-36-25)12-20-15-33(28(31)26(20)32-18)16-24(34)19-13-22(29(2,3)4)27(35)23(14-19)30(5,6)7;/h12-14,25,31,35H,8-11,15-17H2,1-7H3;1H. The molecule has 1 aromatic heterocycles. The van der Waals surface area contributed by atoms with Crippen LogP contribution in [-0.2, 0) is 33.5 Å². The number of ketones is 1. The van der Waals surface area contributed by atoms with Gasteiger partial charge in [-0.05, 0) is 60.8 Å². The van der Waals surface area contributed by atoms with E-state index in [0.717, 1.165) is 53.8 Å². The van der Waals surface area contributed by atoms with Crippen LogP contribution in [0, 0.1) is 12.3 Å². The number of aromatic hydroxyl groups is 1. The first-order valence-electron chi connectivity index (χ1n) is 13.2. The highest BCUT2D eigenvalue weighted by Crippen LogP contribution is 2.40. The van der Waals surface area contributed by atoms with Crippen molar-refractivity contribution in [1.82, 2.24) is 9.88 Å². The number of hydrogen-bond acceptors (Lipinski definition) is 6. The van der Waals surface area contributed by atoms with Gasteiger partial charge in [-0.2, -0.15) is 0 Å². The lowest BCUT2D eigenvalue weighted by Gasteiger charge is -2.28. The molecule has 2 aliphatic heterocycles. The molecule has 1 unspecified atom stereocenters. The summed E-state index contributed by atoms with van der Waals surface area (Å²) in [5.74, 6) is 0.439. The molecule has 208 valence electrons. The Balaban J connectivity index is 0.00000400. The van der Waals surface area contributed by atoms with E-state index in [9.17, 15) is 9.90 Å². The summed E-state index contributed by atoms with van der Waals surface area (Å²) in [5.41, 5.74) is 4.80. The second kappa shape index (κ2) is 11.4. The topological polar surface area (TPSA) is 95.7 Å². The summed E-state index contributed by atoms with van der Waals surface area (Å²) in [5, 5.41) is 19.7. The number of Topliss-reactive ketones (excluding diaryl/α,β-unsaturated/α-hetero) is 1. The molecular weight excluding hydrogens is 546 g/mol. The lowest BCUT2D eigenvalue weighted by molar-refractivity contribution is -0.169. The van der Waals surface area contributed by atoms with Gasteiger partial charge in [0.05, 0.1) is 13.2 Å². The van der Waals surface area contributed by atoms with E-state index >= 15 is 0 Å². The van der Waals surface area contributed by atoms with Crippen LogP contribution in [0.5, 0.6) is 5.75 Å². The Kier molecular flexibility index (Phi) is 9.11. The molecule has 4 rings (SSSR count). The molecule has 1 fully saturated rings. The van der Waals surface area contributed by atoms with Gasteiger partial charge in [-0.25, -0.2) is 4.98 Å². The number of fused-ring (bicyclic) bond motifs is 1. The Morgan fingerprint density at radius 2 is 1.76 bits per heavy atom. The van der Waals surface area contributed by atoms with Crippen molar-refractivity contribution < 1.29 is 19.4 Å². The second-order valence-corrected chi connectivity index (χ2v) is 12.4. The van der Waals surface area contributed by atoms with Crippen LogP contribution in [0.2, 0.25) is 0 Å². The number of nitrogens with one attached hydrogen (secondary N) is 1. The smallest absolute Gasteiger partial charge is 0.182 e. The maximum absolute atomic E-state index is 13.5. The first-order valence-corrected chi connectivity index (χ1v) is 13.2. The molecule has 8 heteroatoms. The molecule has 0 saturated carbocycles. The summed E-state index contributed by atoms with van der Waals surface area (Å²) in [6, 6.07) is 5.67. The summed E-state index contributed by atoms with van der Waals surface area (Å²) in [7, 11) is 0. The average Bonchev–Trinajstić information content (AvgIpc) is 3.10. The largest absolute Gasteiger partial charge is 0.507 e. The first-order chi connectivity index (χ1) is 17.3.